The molecule has 0 aliphatic heterocycles. The van der Waals surface area contributed by atoms with E-state index in [1.54, 1.807) is 18.2 Å². The van der Waals surface area contributed by atoms with Crippen LogP contribution in [0.2, 0.25) is 0 Å². The fourth-order valence-corrected chi connectivity index (χ4v) is 1.29. The van der Waals surface area contributed by atoms with Crippen molar-refractivity contribution in [1.82, 2.24) is 0 Å². The van der Waals surface area contributed by atoms with Gasteiger partial charge in [-0.25, -0.2) is 0 Å². The summed E-state index contributed by atoms with van der Waals surface area (Å²) in [5, 5.41) is 0. The zero-order valence-electron chi connectivity index (χ0n) is 7.64. The number of hydrogen-bond donors (Lipinski definition) is 1. The Hall–Kier alpha value is -0.910. The fraction of sp³-hybridized carbons (Fsp3) is 0.333. The van der Waals surface area contributed by atoms with Crippen LogP contribution in [0.1, 0.15) is 6.42 Å². The van der Waals surface area contributed by atoms with Crippen LogP contribution in [0.3, 0.4) is 0 Å². The molecule has 0 spiro atoms. The van der Waals surface area contributed by atoms with Gasteiger partial charge >= 0.3 is 6.18 Å². The van der Waals surface area contributed by atoms with Crippen LogP contribution in [0.15, 0.2) is 22.7 Å². The van der Waals surface area contributed by atoms with Crippen LogP contribution in [-0.4, -0.2) is 12.8 Å². The Morgan fingerprint density at radius 1 is 1.33 bits per heavy atom. The maximum Gasteiger partial charge on any atom is 0.392 e. The Labute approximate surface area is 93.3 Å². The second-order valence-electron chi connectivity index (χ2n) is 2.87. The van der Waals surface area contributed by atoms with Crippen molar-refractivity contribution in [3.8, 4) is 5.75 Å². The van der Waals surface area contributed by atoms with Gasteiger partial charge in [0, 0.05) is 5.69 Å². The fourth-order valence-electron chi connectivity index (χ4n) is 0.916. The van der Waals surface area contributed by atoms with Crippen molar-refractivity contribution in [2.45, 2.75) is 12.6 Å². The first-order valence-corrected chi connectivity index (χ1v) is 4.93. The zero-order chi connectivity index (χ0) is 11.5. The summed E-state index contributed by atoms with van der Waals surface area (Å²) in [5.74, 6) is 0.319. The molecule has 0 fully saturated rings. The van der Waals surface area contributed by atoms with E-state index in [4.69, 9.17) is 10.5 Å². The third-order valence-electron chi connectivity index (χ3n) is 1.64. The van der Waals surface area contributed by atoms with Crippen LogP contribution in [0.5, 0.6) is 5.75 Å². The van der Waals surface area contributed by atoms with E-state index in [0.717, 1.165) is 0 Å². The van der Waals surface area contributed by atoms with Crippen LogP contribution in [0.4, 0.5) is 18.9 Å². The number of nitrogen functional groups attached to an aromatic ring is 1. The molecule has 0 amide bonds. The summed E-state index contributed by atoms with van der Waals surface area (Å²) in [6.45, 7) is -0.411. The minimum atomic E-state index is -4.20. The number of alkyl halides is 3. The molecule has 0 saturated heterocycles. The first kappa shape index (κ1) is 12.2. The molecule has 2 nitrogen and oxygen atoms in total. The lowest BCUT2D eigenvalue weighted by molar-refractivity contribution is -0.139. The SMILES string of the molecule is Nc1cccc(OCCC(F)(F)F)c1Br. The quantitative estimate of drug-likeness (QED) is 0.864. The molecule has 1 rings (SSSR count). The van der Waals surface area contributed by atoms with E-state index in [1.807, 2.05) is 0 Å². The molecule has 0 unspecified atom stereocenters. The molecule has 0 aliphatic rings. The Bertz CT molecular complexity index is 341. The highest BCUT2D eigenvalue weighted by Crippen LogP contribution is 2.30. The Morgan fingerprint density at radius 3 is 2.60 bits per heavy atom. The lowest BCUT2D eigenvalue weighted by atomic mass is 10.3. The van der Waals surface area contributed by atoms with Crippen molar-refractivity contribution >= 4 is 21.6 Å². The highest BCUT2D eigenvalue weighted by atomic mass is 79.9. The molecule has 2 N–H and O–H groups in total. The van der Waals surface area contributed by atoms with Crippen molar-refractivity contribution in [2.75, 3.05) is 12.3 Å². The number of ether oxygens (including phenoxy) is 1. The summed E-state index contributed by atoms with van der Waals surface area (Å²) < 4.78 is 40.9. The zero-order valence-corrected chi connectivity index (χ0v) is 9.23. The molecule has 84 valence electrons. The molecule has 0 aliphatic carbocycles. The Balaban J connectivity index is 2.55. The summed E-state index contributed by atoms with van der Waals surface area (Å²) in [7, 11) is 0. The van der Waals surface area contributed by atoms with Gasteiger partial charge in [0.05, 0.1) is 17.5 Å². The van der Waals surface area contributed by atoms with Crippen molar-refractivity contribution in [2.24, 2.45) is 0 Å². The first-order valence-electron chi connectivity index (χ1n) is 4.13. The Morgan fingerprint density at radius 2 is 2.00 bits per heavy atom. The molecular formula is C9H9BrF3NO. The Kier molecular flexibility index (Phi) is 3.84. The van der Waals surface area contributed by atoms with Gasteiger partial charge in [-0.2, -0.15) is 13.2 Å². The molecule has 0 heterocycles. The molecular weight excluding hydrogens is 275 g/mol. The highest BCUT2D eigenvalue weighted by Gasteiger charge is 2.26. The van der Waals surface area contributed by atoms with Gasteiger partial charge in [0.1, 0.15) is 5.75 Å². The number of hydrogen-bond acceptors (Lipinski definition) is 2. The predicted octanol–water partition coefficient (Wildman–Crippen LogP) is 3.36. The second kappa shape index (κ2) is 4.74. The van der Waals surface area contributed by atoms with E-state index >= 15 is 0 Å². The maximum atomic E-state index is 11.8. The average Bonchev–Trinajstić information content (AvgIpc) is 2.10. The van der Waals surface area contributed by atoms with Crippen molar-refractivity contribution in [1.29, 1.82) is 0 Å². The third kappa shape index (κ3) is 3.99. The van der Waals surface area contributed by atoms with E-state index < -0.39 is 19.2 Å². The second-order valence-corrected chi connectivity index (χ2v) is 3.67. The highest BCUT2D eigenvalue weighted by molar-refractivity contribution is 9.10. The van der Waals surface area contributed by atoms with Gasteiger partial charge in [0.2, 0.25) is 0 Å². The van der Waals surface area contributed by atoms with Crippen molar-refractivity contribution in [3.05, 3.63) is 22.7 Å². The summed E-state index contributed by atoms with van der Waals surface area (Å²) in [6, 6.07) is 4.79. The predicted molar refractivity (Wildman–Crippen MR) is 54.7 cm³/mol. The van der Waals surface area contributed by atoms with Crippen LogP contribution in [0.25, 0.3) is 0 Å². The van der Waals surface area contributed by atoms with Gasteiger partial charge in [0.25, 0.3) is 0 Å². The topological polar surface area (TPSA) is 35.2 Å². The van der Waals surface area contributed by atoms with Crippen molar-refractivity contribution in [3.63, 3.8) is 0 Å². The van der Waals surface area contributed by atoms with E-state index in [2.05, 4.69) is 15.9 Å². The standard InChI is InChI=1S/C9H9BrF3NO/c10-8-6(14)2-1-3-7(8)15-5-4-9(11,12)13/h1-3H,4-5,14H2. The van der Waals surface area contributed by atoms with E-state index in [0.29, 0.717) is 15.9 Å². The molecule has 0 bridgehead atoms. The third-order valence-corrected chi connectivity index (χ3v) is 2.48. The summed E-state index contributed by atoms with van der Waals surface area (Å²) >= 11 is 3.13. The molecule has 6 heteroatoms. The lowest BCUT2D eigenvalue weighted by Crippen LogP contribution is -2.13. The van der Waals surface area contributed by atoms with Gasteiger partial charge in [-0.15, -0.1) is 0 Å². The molecule has 0 radical (unpaired) electrons. The van der Waals surface area contributed by atoms with Gasteiger partial charge in [0.15, 0.2) is 0 Å². The van der Waals surface area contributed by atoms with E-state index in [-0.39, 0.29) is 0 Å². The first-order chi connectivity index (χ1) is 6.90. The minimum absolute atomic E-state index is 0.319. The van der Waals surface area contributed by atoms with Gasteiger partial charge in [-0.1, -0.05) is 6.07 Å². The normalized spacial score (nSPS) is 11.5. The van der Waals surface area contributed by atoms with E-state index in [9.17, 15) is 13.2 Å². The average molecular weight is 284 g/mol. The van der Waals surface area contributed by atoms with E-state index in [1.165, 1.54) is 0 Å². The largest absolute Gasteiger partial charge is 0.492 e. The molecule has 1 aromatic carbocycles. The number of benzene rings is 1. The molecule has 15 heavy (non-hydrogen) atoms. The van der Waals surface area contributed by atoms with Crippen LogP contribution < -0.4 is 10.5 Å². The van der Waals surface area contributed by atoms with Crippen LogP contribution in [0, 0.1) is 0 Å². The van der Waals surface area contributed by atoms with Gasteiger partial charge in [-0.05, 0) is 28.1 Å². The smallest absolute Gasteiger partial charge is 0.392 e. The maximum absolute atomic E-state index is 11.8. The summed E-state index contributed by atoms with van der Waals surface area (Å²) in [4.78, 5) is 0. The molecule has 1 aromatic rings. The monoisotopic (exact) mass is 283 g/mol. The minimum Gasteiger partial charge on any atom is -0.492 e. The van der Waals surface area contributed by atoms with Gasteiger partial charge in [-0.3, -0.25) is 0 Å². The number of nitrogens with two attached hydrogens (primary N) is 1. The van der Waals surface area contributed by atoms with Gasteiger partial charge < -0.3 is 10.5 Å². The lowest BCUT2D eigenvalue weighted by Gasteiger charge is -2.10. The van der Waals surface area contributed by atoms with Crippen LogP contribution in [-0.2, 0) is 0 Å². The summed E-state index contributed by atoms with van der Waals surface area (Å²) in [5.41, 5.74) is 5.96. The van der Waals surface area contributed by atoms with Crippen LogP contribution >= 0.6 is 15.9 Å². The number of halogens is 4. The molecule has 0 saturated carbocycles. The number of anilines is 1. The van der Waals surface area contributed by atoms with Crippen molar-refractivity contribution < 1.29 is 17.9 Å². The molecule has 0 atom stereocenters. The molecule has 0 aromatic heterocycles. The number of rotatable bonds is 3. The summed E-state index contributed by atoms with van der Waals surface area (Å²) in [6.07, 6.45) is -5.18.